The zero-order chi connectivity index (χ0) is 15.5. The van der Waals surface area contributed by atoms with Crippen LogP contribution in [0.2, 0.25) is 0 Å². The number of hydrogen-bond donors (Lipinski definition) is 3. The number of nitrogens with one attached hydrogen (secondary N) is 3. The summed E-state index contributed by atoms with van der Waals surface area (Å²) in [5.41, 5.74) is 2.80. The Balaban J connectivity index is 1.64. The third-order valence-electron chi connectivity index (χ3n) is 4.06. The maximum Gasteiger partial charge on any atom is 0.177 e. The molecule has 6 nitrogen and oxygen atoms in total. The van der Waals surface area contributed by atoms with Crippen LogP contribution in [0.25, 0.3) is 5.65 Å². The van der Waals surface area contributed by atoms with Crippen molar-refractivity contribution in [2.75, 3.05) is 23.7 Å². The van der Waals surface area contributed by atoms with E-state index in [-0.39, 0.29) is 0 Å². The number of anilines is 3. The van der Waals surface area contributed by atoms with Crippen molar-refractivity contribution in [1.82, 2.24) is 19.9 Å². The third-order valence-corrected chi connectivity index (χ3v) is 4.06. The van der Waals surface area contributed by atoms with E-state index in [0.29, 0.717) is 6.04 Å². The minimum atomic E-state index is 0.418. The molecule has 0 spiro atoms. The quantitative estimate of drug-likeness (QED) is 0.691. The first-order chi connectivity index (χ1) is 11.4. The highest BCUT2D eigenvalue weighted by molar-refractivity contribution is 5.75. The summed E-state index contributed by atoms with van der Waals surface area (Å²) in [6, 6.07) is 12.6. The third kappa shape index (κ3) is 3.12. The smallest absolute Gasteiger partial charge is 0.177 e. The standard InChI is InChI=1S/C17H20N6/c1-2-5-13(6-3-1)20-15-11-16(21-14-7-4-8-18-12-14)22-23-10-9-19-17(15)23/h1-3,5-6,9-11,14,18,20H,4,7-8,12H2,(H,21,22). The van der Waals surface area contributed by atoms with Crippen LogP contribution in [0.3, 0.4) is 0 Å². The van der Waals surface area contributed by atoms with Gasteiger partial charge in [-0.15, -0.1) is 5.10 Å². The number of hydrogen-bond acceptors (Lipinski definition) is 5. The Bertz CT molecular complexity index is 776. The zero-order valence-corrected chi connectivity index (χ0v) is 12.9. The van der Waals surface area contributed by atoms with E-state index in [1.165, 1.54) is 6.42 Å². The molecule has 2 aromatic heterocycles. The Kier molecular flexibility index (Phi) is 3.81. The summed E-state index contributed by atoms with van der Waals surface area (Å²) >= 11 is 0. The second-order valence-electron chi connectivity index (χ2n) is 5.82. The molecule has 1 aromatic carbocycles. The van der Waals surface area contributed by atoms with E-state index in [1.807, 2.05) is 47.1 Å². The molecule has 23 heavy (non-hydrogen) atoms. The molecule has 0 bridgehead atoms. The van der Waals surface area contributed by atoms with Crippen LogP contribution >= 0.6 is 0 Å². The van der Waals surface area contributed by atoms with Gasteiger partial charge in [-0.25, -0.2) is 9.50 Å². The summed E-state index contributed by atoms with van der Waals surface area (Å²) in [5.74, 6) is 0.864. The van der Waals surface area contributed by atoms with Gasteiger partial charge in [-0.05, 0) is 31.5 Å². The molecule has 1 unspecified atom stereocenters. The number of rotatable bonds is 4. The summed E-state index contributed by atoms with van der Waals surface area (Å²) in [6.07, 6.45) is 6.00. The van der Waals surface area contributed by atoms with E-state index in [4.69, 9.17) is 0 Å². The minimum Gasteiger partial charge on any atom is -0.365 e. The second-order valence-corrected chi connectivity index (χ2v) is 5.82. The molecule has 1 fully saturated rings. The average Bonchev–Trinajstić information content (AvgIpc) is 3.05. The van der Waals surface area contributed by atoms with E-state index in [9.17, 15) is 0 Å². The minimum absolute atomic E-state index is 0.418. The molecule has 4 rings (SSSR count). The number of aromatic nitrogens is 3. The van der Waals surface area contributed by atoms with Gasteiger partial charge in [0, 0.05) is 36.7 Å². The van der Waals surface area contributed by atoms with Crippen molar-refractivity contribution in [3.63, 3.8) is 0 Å². The number of benzene rings is 1. The van der Waals surface area contributed by atoms with Crippen molar-refractivity contribution in [2.24, 2.45) is 0 Å². The van der Waals surface area contributed by atoms with E-state index < -0.39 is 0 Å². The summed E-state index contributed by atoms with van der Waals surface area (Å²) in [5, 5.41) is 15.0. The Labute approximate surface area is 134 Å². The van der Waals surface area contributed by atoms with E-state index in [0.717, 1.165) is 42.4 Å². The Morgan fingerprint density at radius 3 is 2.96 bits per heavy atom. The van der Waals surface area contributed by atoms with Crippen LogP contribution in [0, 0.1) is 0 Å². The van der Waals surface area contributed by atoms with Gasteiger partial charge in [-0.3, -0.25) is 0 Å². The van der Waals surface area contributed by atoms with Crippen LogP contribution in [0.5, 0.6) is 0 Å². The lowest BCUT2D eigenvalue weighted by Gasteiger charge is -2.24. The SMILES string of the molecule is c1ccc(Nc2cc(NC3CCCNC3)nn3ccnc23)cc1. The molecule has 3 heterocycles. The van der Waals surface area contributed by atoms with Crippen LogP contribution in [0.15, 0.2) is 48.8 Å². The lowest BCUT2D eigenvalue weighted by Crippen LogP contribution is -2.38. The summed E-state index contributed by atoms with van der Waals surface area (Å²) < 4.78 is 1.81. The first-order valence-electron chi connectivity index (χ1n) is 8.02. The molecule has 118 valence electrons. The molecular formula is C17H20N6. The van der Waals surface area contributed by atoms with Crippen molar-refractivity contribution < 1.29 is 0 Å². The van der Waals surface area contributed by atoms with Gasteiger partial charge in [0.05, 0.1) is 5.69 Å². The predicted molar refractivity (Wildman–Crippen MR) is 92.2 cm³/mol. The van der Waals surface area contributed by atoms with Crippen LogP contribution in [-0.4, -0.2) is 33.7 Å². The molecule has 1 atom stereocenters. The average molecular weight is 308 g/mol. The van der Waals surface area contributed by atoms with Gasteiger partial charge in [0.1, 0.15) is 5.82 Å². The van der Waals surface area contributed by atoms with Gasteiger partial charge >= 0.3 is 0 Å². The Morgan fingerprint density at radius 2 is 2.13 bits per heavy atom. The van der Waals surface area contributed by atoms with E-state index >= 15 is 0 Å². The van der Waals surface area contributed by atoms with E-state index in [1.54, 1.807) is 6.20 Å². The maximum atomic E-state index is 4.61. The number of piperidine rings is 1. The predicted octanol–water partition coefficient (Wildman–Crippen LogP) is 2.64. The lowest BCUT2D eigenvalue weighted by molar-refractivity contribution is 0.478. The molecule has 1 aliphatic rings. The highest BCUT2D eigenvalue weighted by Crippen LogP contribution is 2.23. The fourth-order valence-corrected chi connectivity index (χ4v) is 2.94. The lowest BCUT2D eigenvalue weighted by atomic mass is 10.1. The molecule has 3 N–H and O–H groups in total. The number of para-hydroxylation sites is 1. The largest absolute Gasteiger partial charge is 0.365 e. The van der Waals surface area contributed by atoms with Crippen molar-refractivity contribution in [1.29, 1.82) is 0 Å². The highest BCUT2D eigenvalue weighted by atomic mass is 15.3. The first kappa shape index (κ1) is 14.0. The topological polar surface area (TPSA) is 66.3 Å². The first-order valence-corrected chi connectivity index (χ1v) is 8.02. The molecular weight excluding hydrogens is 288 g/mol. The Morgan fingerprint density at radius 1 is 1.22 bits per heavy atom. The second kappa shape index (κ2) is 6.26. The van der Waals surface area contributed by atoms with Gasteiger partial charge in [-0.1, -0.05) is 18.2 Å². The molecule has 1 saturated heterocycles. The van der Waals surface area contributed by atoms with Gasteiger partial charge in [0.25, 0.3) is 0 Å². The Hall–Kier alpha value is -2.60. The highest BCUT2D eigenvalue weighted by Gasteiger charge is 2.15. The van der Waals surface area contributed by atoms with Gasteiger partial charge < -0.3 is 16.0 Å². The summed E-state index contributed by atoms with van der Waals surface area (Å²) in [6.45, 7) is 2.08. The van der Waals surface area contributed by atoms with Crippen molar-refractivity contribution in [3.05, 3.63) is 48.8 Å². The van der Waals surface area contributed by atoms with E-state index in [2.05, 4.69) is 26.0 Å². The van der Waals surface area contributed by atoms with Gasteiger partial charge in [-0.2, -0.15) is 0 Å². The van der Waals surface area contributed by atoms with Crippen molar-refractivity contribution in [2.45, 2.75) is 18.9 Å². The number of fused-ring (bicyclic) bond motifs is 1. The number of imidazole rings is 1. The summed E-state index contributed by atoms with van der Waals surface area (Å²) in [4.78, 5) is 4.40. The molecule has 3 aromatic rings. The van der Waals surface area contributed by atoms with Gasteiger partial charge in [0.2, 0.25) is 0 Å². The van der Waals surface area contributed by atoms with Gasteiger partial charge in [0.15, 0.2) is 5.65 Å². The zero-order valence-electron chi connectivity index (χ0n) is 12.9. The fraction of sp³-hybridized carbons (Fsp3) is 0.294. The van der Waals surface area contributed by atoms with Crippen LogP contribution in [0.4, 0.5) is 17.2 Å². The monoisotopic (exact) mass is 308 g/mol. The normalized spacial score (nSPS) is 18.0. The van der Waals surface area contributed by atoms with Crippen molar-refractivity contribution in [3.8, 4) is 0 Å². The molecule has 0 aliphatic carbocycles. The van der Waals surface area contributed by atoms with Crippen LogP contribution < -0.4 is 16.0 Å². The molecule has 1 aliphatic heterocycles. The molecule has 0 radical (unpaired) electrons. The van der Waals surface area contributed by atoms with Crippen LogP contribution in [0.1, 0.15) is 12.8 Å². The molecule has 0 amide bonds. The molecule has 6 heteroatoms. The number of nitrogens with zero attached hydrogens (tertiary/aromatic N) is 3. The maximum absolute atomic E-state index is 4.61. The fourth-order valence-electron chi connectivity index (χ4n) is 2.94. The van der Waals surface area contributed by atoms with Crippen molar-refractivity contribution >= 4 is 22.8 Å². The van der Waals surface area contributed by atoms with Crippen LogP contribution in [-0.2, 0) is 0 Å². The summed E-state index contributed by atoms with van der Waals surface area (Å²) in [7, 11) is 0. The molecule has 0 saturated carbocycles.